The Morgan fingerprint density at radius 2 is 2.05 bits per heavy atom. The fourth-order valence-corrected chi connectivity index (χ4v) is 4.12. The van der Waals surface area contributed by atoms with Crippen molar-refractivity contribution in [3.63, 3.8) is 0 Å². The van der Waals surface area contributed by atoms with Gasteiger partial charge in [0.1, 0.15) is 4.90 Å². The summed E-state index contributed by atoms with van der Waals surface area (Å²) in [5.74, 6) is -0.519. The average molecular weight is 334 g/mol. The van der Waals surface area contributed by atoms with E-state index in [1.165, 1.54) is 0 Å². The van der Waals surface area contributed by atoms with Crippen molar-refractivity contribution >= 4 is 25.6 Å². The smallest absolute Gasteiger partial charge is 0.276 e. The number of hydrogen-bond acceptors (Lipinski definition) is 4. The molecule has 1 amide bonds. The quantitative estimate of drug-likeness (QED) is 0.861. The summed E-state index contributed by atoms with van der Waals surface area (Å²) in [7, 11) is 1.47. The molecule has 0 aromatic carbocycles. The second kappa shape index (κ2) is 5.28. The fraction of sp³-hybridized carbons (Fsp3) is 0.692. The lowest BCUT2D eigenvalue weighted by Crippen LogP contribution is -2.43. The highest BCUT2D eigenvalue weighted by atomic mass is 35.7. The average Bonchev–Trinajstić information content (AvgIpc) is 2.90. The third-order valence-electron chi connectivity index (χ3n) is 3.92. The van der Waals surface area contributed by atoms with Crippen LogP contribution >= 0.6 is 10.7 Å². The van der Waals surface area contributed by atoms with Crippen molar-refractivity contribution in [1.82, 2.24) is 15.1 Å². The lowest BCUT2D eigenvalue weighted by Gasteiger charge is -2.31. The van der Waals surface area contributed by atoms with Gasteiger partial charge in [-0.1, -0.05) is 13.8 Å². The molecule has 2 rings (SSSR count). The maximum atomic E-state index is 12.7. The highest BCUT2D eigenvalue weighted by Crippen LogP contribution is 2.33. The predicted octanol–water partition coefficient (Wildman–Crippen LogP) is 2.48. The molecule has 0 radical (unpaired) electrons. The number of carbonyl (C=O) groups is 1. The van der Waals surface area contributed by atoms with Gasteiger partial charge in [0.25, 0.3) is 15.0 Å². The Labute approximate surface area is 129 Å². The minimum absolute atomic E-state index is 0.108. The molecule has 1 N–H and O–H groups in total. The number of aromatic nitrogens is 2. The number of nitrogens with zero attached hydrogens (tertiary/aromatic N) is 2. The molecule has 0 bridgehead atoms. The van der Waals surface area contributed by atoms with Crippen LogP contribution < -0.4 is 0 Å². The number of amides is 1. The third-order valence-corrected chi connectivity index (χ3v) is 5.28. The maximum Gasteiger partial charge on any atom is 0.276 e. The van der Waals surface area contributed by atoms with Crippen molar-refractivity contribution < 1.29 is 13.2 Å². The van der Waals surface area contributed by atoms with E-state index in [1.807, 2.05) is 27.7 Å². The number of likely N-dealkylation sites (tertiary alicyclic amines) is 1. The van der Waals surface area contributed by atoms with Crippen LogP contribution in [0.1, 0.15) is 62.6 Å². The molecule has 0 spiro atoms. The van der Waals surface area contributed by atoms with Crippen LogP contribution in [0, 0.1) is 0 Å². The Hall–Kier alpha value is -1.08. The van der Waals surface area contributed by atoms with Crippen molar-refractivity contribution in [1.29, 1.82) is 0 Å². The third kappa shape index (κ3) is 2.94. The van der Waals surface area contributed by atoms with Gasteiger partial charge < -0.3 is 4.90 Å². The van der Waals surface area contributed by atoms with E-state index in [4.69, 9.17) is 10.7 Å². The molecule has 1 saturated heterocycles. The number of halogens is 1. The first-order valence-electron chi connectivity index (χ1n) is 6.90. The highest BCUT2D eigenvalue weighted by molar-refractivity contribution is 8.13. The van der Waals surface area contributed by atoms with Crippen molar-refractivity contribution in [2.45, 2.75) is 56.9 Å². The number of carbonyl (C=O) groups excluding carboxylic acids is 1. The normalized spacial score (nSPS) is 18.5. The van der Waals surface area contributed by atoms with Crippen LogP contribution in [0.15, 0.2) is 4.90 Å². The number of nitrogens with one attached hydrogen (secondary N) is 1. The summed E-state index contributed by atoms with van der Waals surface area (Å²) in [6, 6.07) is 0. The summed E-state index contributed by atoms with van der Waals surface area (Å²) in [4.78, 5) is 14.2. The van der Waals surface area contributed by atoms with Crippen molar-refractivity contribution in [3.05, 3.63) is 11.4 Å². The van der Waals surface area contributed by atoms with Gasteiger partial charge in [-0.05, 0) is 32.6 Å². The topological polar surface area (TPSA) is 83.1 Å². The molecular formula is C13H20ClN3O3S. The SMILES string of the molecule is CC(C)c1[nH]nc(C(=O)N2CCCC2(C)C)c1S(=O)(=O)Cl. The summed E-state index contributed by atoms with van der Waals surface area (Å²) in [6.45, 7) is 8.14. The number of hydrogen-bond donors (Lipinski definition) is 1. The molecular weight excluding hydrogens is 314 g/mol. The molecule has 0 atom stereocenters. The van der Waals surface area contributed by atoms with E-state index in [0.717, 1.165) is 12.8 Å². The monoisotopic (exact) mass is 333 g/mol. The second-order valence-electron chi connectivity index (χ2n) is 6.28. The van der Waals surface area contributed by atoms with Crippen LogP contribution in [-0.2, 0) is 9.05 Å². The molecule has 1 fully saturated rings. The first kappa shape index (κ1) is 16.3. The van der Waals surface area contributed by atoms with Crippen LogP contribution in [0.3, 0.4) is 0 Å². The van der Waals surface area contributed by atoms with Crippen LogP contribution in [0.5, 0.6) is 0 Å². The highest BCUT2D eigenvalue weighted by Gasteiger charge is 2.40. The summed E-state index contributed by atoms with van der Waals surface area (Å²) in [6.07, 6.45) is 1.77. The van der Waals surface area contributed by atoms with Crippen molar-refractivity contribution in [2.75, 3.05) is 6.54 Å². The summed E-state index contributed by atoms with van der Waals surface area (Å²) in [5.41, 5.74) is -0.0458. The first-order chi connectivity index (χ1) is 9.55. The minimum Gasteiger partial charge on any atom is -0.332 e. The predicted molar refractivity (Wildman–Crippen MR) is 80.1 cm³/mol. The first-order valence-corrected chi connectivity index (χ1v) is 9.21. The summed E-state index contributed by atoms with van der Waals surface area (Å²) in [5, 5.41) is 6.59. The van der Waals surface area contributed by atoms with Gasteiger partial charge in [-0.15, -0.1) is 0 Å². The zero-order chi connectivity index (χ0) is 16.0. The Morgan fingerprint density at radius 3 is 2.48 bits per heavy atom. The largest absolute Gasteiger partial charge is 0.332 e. The zero-order valence-electron chi connectivity index (χ0n) is 12.6. The van der Waals surface area contributed by atoms with E-state index >= 15 is 0 Å². The molecule has 6 nitrogen and oxygen atoms in total. The second-order valence-corrected chi connectivity index (χ2v) is 8.78. The van der Waals surface area contributed by atoms with Crippen LogP contribution in [0.25, 0.3) is 0 Å². The zero-order valence-corrected chi connectivity index (χ0v) is 14.2. The van der Waals surface area contributed by atoms with E-state index in [0.29, 0.717) is 12.2 Å². The Morgan fingerprint density at radius 1 is 1.43 bits per heavy atom. The number of H-pyrrole nitrogens is 1. The molecule has 8 heteroatoms. The maximum absolute atomic E-state index is 12.7. The van der Waals surface area contributed by atoms with Gasteiger partial charge in [-0.2, -0.15) is 5.10 Å². The molecule has 0 saturated carbocycles. The molecule has 118 valence electrons. The molecule has 21 heavy (non-hydrogen) atoms. The molecule has 0 aliphatic carbocycles. The van der Waals surface area contributed by atoms with E-state index < -0.39 is 9.05 Å². The molecule has 1 aliphatic rings. The Balaban J connectivity index is 2.53. The summed E-state index contributed by atoms with van der Waals surface area (Å²) < 4.78 is 23.7. The van der Waals surface area contributed by atoms with Gasteiger partial charge in [0.05, 0.1) is 5.69 Å². The number of rotatable bonds is 3. The van der Waals surface area contributed by atoms with Crippen molar-refractivity contribution in [3.8, 4) is 0 Å². The van der Waals surface area contributed by atoms with E-state index in [1.54, 1.807) is 4.90 Å². The van der Waals surface area contributed by atoms with Crippen LogP contribution in [0.4, 0.5) is 0 Å². The van der Waals surface area contributed by atoms with Gasteiger partial charge >= 0.3 is 0 Å². The Kier molecular flexibility index (Phi) is 4.10. The van der Waals surface area contributed by atoms with Gasteiger partial charge in [0, 0.05) is 22.8 Å². The van der Waals surface area contributed by atoms with Gasteiger partial charge in [0.15, 0.2) is 5.69 Å². The summed E-state index contributed by atoms with van der Waals surface area (Å²) >= 11 is 0. The molecule has 2 heterocycles. The van der Waals surface area contributed by atoms with Crippen LogP contribution in [-0.4, -0.2) is 41.5 Å². The number of aromatic amines is 1. The molecule has 0 unspecified atom stereocenters. The fourth-order valence-electron chi connectivity index (χ4n) is 2.74. The molecule has 1 aliphatic heterocycles. The van der Waals surface area contributed by atoms with Crippen LogP contribution in [0.2, 0.25) is 0 Å². The van der Waals surface area contributed by atoms with E-state index in [2.05, 4.69) is 10.2 Å². The van der Waals surface area contributed by atoms with E-state index in [-0.39, 0.29) is 28.0 Å². The van der Waals surface area contributed by atoms with Gasteiger partial charge in [0.2, 0.25) is 0 Å². The molecule has 1 aromatic heterocycles. The van der Waals surface area contributed by atoms with Gasteiger partial charge in [-0.3, -0.25) is 9.89 Å². The Bertz CT molecular complexity index is 664. The standard InChI is InChI=1S/C13H20ClN3O3S/c1-8(2)9-11(21(14,19)20)10(16-15-9)12(18)17-7-5-6-13(17,3)4/h8H,5-7H2,1-4H3,(H,15,16). The molecule has 1 aromatic rings. The lowest BCUT2D eigenvalue weighted by molar-refractivity contribution is 0.0642. The minimum atomic E-state index is -4.05. The van der Waals surface area contributed by atoms with E-state index in [9.17, 15) is 13.2 Å². The van der Waals surface area contributed by atoms with Crippen molar-refractivity contribution in [2.24, 2.45) is 0 Å². The van der Waals surface area contributed by atoms with Gasteiger partial charge in [-0.25, -0.2) is 8.42 Å². The lowest BCUT2D eigenvalue weighted by atomic mass is 10.0.